The summed E-state index contributed by atoms with van der Waals surface area (Å²) < 4.78 is 0. The van der Waals surface area contributed by atoms with Gasteiger partial charge in [-0.25, -0.2) is 4.98 Å². The highest BCUT2D eigenvalue weighted by Gasteiger charge is 2.25. The molecule has 5 heteroatoms. The van der Waals surface area contributed by atoms with Crippen molar-refractivity contribution in [2.75, 3.05) is 18.4 Å². The van der Waals surface area contributed by atoms with Gasteiger partial charge in [0, 0.05) is 19.1 Å². The number of rotatable bonds is 3. The summed E-state index contributed by atoms with van der Waals surface area (Å²) in [6.07, 6.45) is 6.54. The second-order valence-corrected chi connectivity index (χ2v) is 4.66. The Balaban J connectivity index is 2.14. The minimum absolute atomic E-state index is 0.00514. The van der Waals surface area contributed by atoms with E-state index < -0.39 is 0 Å². The number of amides is 1. The SMILES string of the molecule is CCNc1cncc(C(=O)N2CCCCC2C)n1. The molecule has 2 rings (SSSR count). The minimum atomic E-state index is -0.00514. The van der Waals surface area contributed by atoms with E-state index in [-0.39, 0.29) is 5.91 Å². The van der Waals surface area contributed by atoms with Crippen LogP contribution in [0.1, 0.15) is 43.6 Å². The van der Waals surface area contributed by atoms with Crippen LogP contribution in [0.2, 0.25) is 0 Å². The van der Waals surface area contributed by atoms with Crippen LogP contribution < -0.4 is 5.32 Å². The smallest absolute Gasteiger partial charge is 0.274 e. The lowest BCUT2D eigenvalue weighted by atomic mass is 10.0. The first-order chi connectivity index (χ1) is 8.72. The number of piperidine rings is 1. The number of hydrogen-bond donors (Lipinski definition) is 1. The van der Waals surface area contributed by atoms with Crippen molar-refractivity contribution in [2.24, 2.45) is 0 Å². The van der Waals surface area contributed by atoms with Crippen LogP contribution in [-0.4, -0.2) is 39.9 Å². The molecule has 1 amide bonds. The Morgan fingerprint density at radius 1 is 1.50 bits per heavy atom. The van der Waals surface area contributed by atoms with Crippen molar-refractivity contribution >= 4 is 11.7 Å². The lowest BCUT2D eigenvalue weighted by Gasteiger charge is -2.33. The monoisotopic (exact) mass is 248 g/mol. The summed E-state index contributed by atoms with van der Waals surface area (Å²) in [5.41, 5.74) is 0.433. The molecule has 0 bridgehead atoms. The molecule has 0 spiro atoms. The van der Waals surface area contributed by atoms with E-state index in [4.69, 9.17) is 0 Å². The van der Waals surface area contributed by atoms with Gasteiger partial charge in [-0.15, -0.1) is 0 Å². The highest BCUT2D eigenvalue weighted by molar-refractivity contribution is 5.92. The summed E-state index contributed by atoms with van der Waals surface area (Å²) in [5, 5.41) is 3.07. The largest absolute Gasteiger partial charge is 0.369 e. The van der Waals surface area contributed by atoms with Gasteiger partial charge in [0.2, 0.25) is 0 Å². The van der Waals surface area contributed by atoms with Gasteiger partial charge in [-0.1, -0.05) is 0 Å². The van der Waals surface area contributed by atoms with Crippen molar-refractivity contribution in [1.82, 2.24) is 14.9 Å². The summed E-state index contributed by atoms with van der Waals surface area (Å²) in [4.78, 5) is 22.6. The third-order valence-electron chi connectivity index (χ3n) is 3.28. The van der Waals surface area contributed by atoms with Crippen molar-refractivity contribution in [3.8, 4) is 0 Å². The molecular formula is C13H20N4O. The number of hydrogen-bond acceptors (Lipinski definition) is 4. The van der Waals surface area contributed by atoms with Gasteiger partial charge in [0.15, 0.2) is 0 Å². The first-order valence-electron chi connectivity index (χ1n) is 6.59. The summed E-state index contributed by atoms with van der Waals surface area (Å²) in [6.45, 7) is 5.68. The van der Waals surface area contributed by atoms with E-state index in [1.807, 2.05) is 11.8 Å². The Morgan fingerprint density at radius 3 is 3.06 bits per heavy atom. The Bertz CT molecular complexity index is 421. The van der Waals surface area contributed by atoms with Gasteiger partial charge in [0.1, 0.15) is 11.5 Å². The number of carbonyl (C=O) groups is 1. The van der Waals surface area contributed by atoms with E-state index in [0.29, 0.717) is 17.6 Å². The van der Waals surface area contributed by atoms with E-state index in [1.165, 1.54) is 6.42 Å². The molecule has 0 aliphatic carbocycles. The molecule has 18 heavy (non-hydrogen) atoms. The first-order valence-corrected chi connectivity index (χ1v) is 6.59. The number of aromatic nitrogens is 2. The average molecular weight is 248 g/mol. The summed E-state index contributed by atoms with van der Waals surface area (Å²) in [5.74, 6) is 0.655. The van der Waals surface area contributed by atoms with Gasteiger partial charge < -0.3 is 10.2 Å². The van der Waals surface area contributed by atoms with Gasteiger partial charge in [0.05, 0.1) is 12.4 Å². The van der Waals surface area contributed by atoms with Gasteiger partial charge in [-0.05, 0) is 33.1 Å². The van der Waals surface area contributed by atoms with Crippen molar-refractivity contribution in [2.45, 2.75) is 39.2 Å². The predicted octanol–water partition coefficient (Wildman–Crippen LogP) is 1.92. The lowest BCUT2D eigenvalue weighted by molar-refractivity contribution is 0.0629. The average Bonchev–Trinajstić information content (AvgIpc) is 2.39. The molecular weight excluding hydrogens is 228 g/mol. The van der Waals surface area contributed by atoms with Crippen LogP contribution in [0.3, 0.4) is 0 Å². The molecule has 1 aliphatic rings. The van der Waals surface area contributed by atoms with E-state index in [2.05, 4.69) is 22.2 Å². The zero-order valence-electron chi connectivity index (χ0n) is 11.0. The number of likely N-dealkylation sites (tertiary alicyclic amines) is 1. The fourth-order valence-corrected chi connectivity index (χ4v) is 2.28. The number of nitrogens with zero attached hydrogens (tertiary/aromatic N) is 3. The maximum Gasteiger partial charge on any atom is 0.274 e. The summed E-state index contributed by atoms with van der Waals surface area (Å²) >= 11 is 0. The molecule has 0 saturated carbocycles. The second kappa shape index (κ2) is 5.80. The highest BCUT2D eigenvalue weighted by atomic mass is 16.2. The van der Waals surface area contributed by atoms with Crippen LogP contribution in [-0.2, 0) is 0 Å². The zero-order valence-corrected chi connectivity index (χ0v) is 11.0. The molecule has 1 aliphatic heterocycles. The fourth-order valence-electron chi connectivity index (χ4n) is 2.28. The van der Waals surface area contributed by atoms with Crippen LogP contribution in [0.4, 0.5) is 5.82 Å². The molecule has 1 fully saturated rings. The molecule has 1 atom stereocenters. The molecule has 2 heterocycles. The zero-order chi connectivity index (χ0) is 13.0. The number of carbonyl (C=O) groups excluding carboxylic acids is 1. The maximum atomic E-state index is 12.4. The molecule has 98 valence electrons. The predicted molar refractivity (Wildman–Crippen MR) is 70.5 cm³/mol. The van der Waals surface area contributed by atoms with Crippen LogP contribution in [0.25, 0.3) is 0 Å². The lowest BCUT2D eigenvalue weighted by Crippen LogP contribution is -2.42. The van der Waals surface area contributed by atoms with Gasteiger partial charge >= 0.3 is 0 Å². The second-order valence-electron chi connectivity index (χ2n) is 4.66. The summed E-state index contributed by atoms with van der Waals surface area (Å²) in [6, 6.07) is 0.302. The van der Waals surface area contributed by atoms with Crippen molar-refractivity contribution < 1.29 is 4.79 Å². The molecule has 1 saturated heterocycles. The van der Waals surface area contributed by atoms with E-state index in [0.717, 1.165) is 25.9 Å². The molecule has 1 aromatic rings. The molecule has 1 aromatic heterocycles. The maximum absolute atomic E-state index is 12.4. The number of nitrogens with one attached hydrogen (secondary N) is 1. The third-order valence-corrected chi connectivity index (χ3v) is 3.28. The molecule has 0 aromatic carbocycles. The quantitative estimate of drug-likeness (QED) is 0.888. The van der Waals surface area contributed by atoms with Crippen LogP contribution in [0.5, 0.6) is 0 Å². The Hall–Kier alpha value is -1.65. The van der Waals surface area contributed by atoms with Crippen LogP contribution in [0, 0.1) is 0 Å². The first kappa shape index (κ1) is 12.8. The van der Waals surface area contributed by atoms with Gasteiger partial charge in [-0.3, -0.25) is 9.78 Å². The molecule has 0 radical (unpaired) electrons. The standard InChI is InChI=1S/C13H20N4O/c1-3-15-12-9-14-8-11(16-12)13(18)17-7-5-4-6-10(17)2/h8-10H,3-7H2,1-2H3,(H,15,16). The fraction of sp³-hybridized carbons (Fsp3) is 0.615. The highest BCUT2D eigenvalue weighted by Crippen LogP contribution is 2.18. The topological polar surface area (TPSA) is 58.1 Å². The van der Waals surface area contributed by atoms with Gasteiger partial charge in [-0.2, -0.15) is 0 Å². The van der Waals surface area contributed by atoms with E-state index in [9.17, 15) is 4.79 Å². The summed E-state index contributed by atoms with van der Waals surface area (Å²) in [7, 11) is 0. The van der Waals surface area contributed by atoms with Crippen molar-refractivity contribution in [1.29, 1.82) is 0 Å². The number of anilines is 1. The Morgan fingerprint density at radius 2 is 2.33 bits per heavy atom. The van der Waals surface area contributed by atoms with Gasteiger partial charge in [0.25, 0.3) is 5.91 Å². The molecule has 1 N–H and O–H groups in total. The van der Waals surface area contributed by atoms with Crippen LogP contribution >= 0.6 is 0 Å². The Kier molecular flexibility index (Phi) is 4.12. The van der Waals surface area contributed by atoms with Crippen molar-refractivity contribution in [3.05, 3.63) is 18.1 Å². The Labute approximate surface area is 108 Å². The van der Waals surface area contributed by atoms with E-state index >= 15 is 0 Å². The van der Waals surface area contributed by atoms with Crippen molar-refractivity contribution in [3.63, 3.8) is 0 Å². The molecule has 1 unspecified atom stereocenters. The third kappa shape index (κ3) is 2.78. The molecule has 5 nitrogen and oxygen atoms in total. The van der Waals surface area contributed by atoms with Crippen LogP contribution in [0.15, 0.2) is 12.4 Å². The minimum Gasteiger partial charge on any atom is -0.369 e. The normalized spacial score (nSPS) is 19.7. The van der Waals surface area contributed by atoms with E-state index in [1.54, 1.807) is 12.4 Å².